The van der Waals surface area contributed by atoms with Crippen molar-refractivity contribution >= 4 is 18.3 Å². The van der Waals surface area contributed by atoms with Crippen molar-refractivity contribution < 1.29 is 0 Å². The summed E-state index contributed by atoms with van der Waals surface area (Å²) in [7, 11) is 1.00. The Labute approximate surface area is 91.5 Å². The highest BCUT2D eigenvalue weighted by Gasteiger charge is 1.98. The topological polar surface area (TPSA) is 38.9 Å². The fourth-order valence-corrected chi connectivity index (χ4v) is 1.26. The van der Waals surface area contributed by atoms with Crippen LogP contribution in [0.25, 0.3) is 5.57 Å². The van der Waals surface area contributed by atoms with E-state index in [1.165, 1.54) is 11.7 Å². The Morgan fingerprint density at radius 1 is 1.53 bits per heavy atom. The fraction of sp³-hybridized carbons (Fsp3) is 0.0833. The molecule has 0 unspecified atom stereocenters. The van der Waals surface area contributed by atoms with Gasteiger partial charge in [-0.3, -0.25) is 4.98 Å². The molecule has 1 aromatic heterocycles. The van der Waals surface area contributed by atoms with Gasteiger partial charge in [0.2, 0.25) is 0 Å². The molecule has 2 N–H and O–H groups in total. The molecule has 0 atom stereocenters. The molecule has 0 bridgehead atoms. The predicted octanol–water partition coefficient (Wildman–Crippen LogP) is 1.23. The Hall–Kier alpha value is -1.77. The van der Waals surface area contributed by atoms with Crippen LogP contribution in [0.2, 0.25) is 6.82 Å². The first-order valence-corrected chi connectivity index (χ1v) is 4.98. The zero-order chi connectivity index (χ0) is 11.1. The molecule has 0 aromatic carbocycles. The number of rotatable bonds is 4. The molecule has 76 valence electrons. The summed E-state index contributed by atoms with van der Waals surface area (Å²) in [5.41, 5.74) is 8.48. The minimum absolute atomic E-state index is 0.911. The second-order valence-corrected chi connectivity index (χ2v) is 3.12. The van der Waals surface area contributed by atoms with Crippen LogP contribution < -0.4 is 11.2 Å². The molecule has 15 heavy (non-hydrogen) atoms. The van der Waals surface area contributed by atoms with Crippen molar-refractivity contribution in [2.75, 3.05) is 0 Å². The Morgan fingerprint density at radius 2 is 2.33 bits per heavy atom. The number of hydrogen-bond acceptors (Lipinski definition) is 2. The highest BCUT2D eigenvalue weighted by molar-refractivity contribution is 6.51. The van der Waals surface area contributed by atoms with E-state index in [0.717, 1.165) is 18.5 Å². The van der Waals surface area contributed by atoms with E-state index in [1.54, 1.807) is 6.08 Å². The molecular formula is C12H15BN2. The standard InChI is InChI=1S/C12H15BN2/c1-3-4-10(7-8-14)12-6-5-11(13-2)9-15-12/h3-9,13H,1,14H2,2H3/b8-7-,10-4+. The summed E-state index contributed by atoms with van der Waals surface area (Å²) in [4.78, 5) is 4.36. The molecule has 1 heterocycles. The summed E-state index contributed by atoms with van der Waals surface area (Å²) in [6, 6.07) is 4.07. The van der Waals surface area contributed by atoms with Crippen molar-refractivity contribution in [2.24, 2.45) is 5.73 Å². The monoisotopic (exact) mass is 198 g/mol. The van der Waals surface area contributed by atoms with Gasteiger partial charge < -0.3 is 5.73 Å². The van der Waals surface area contributed by atoms with E-state index in [1.807, 2.05) is 24.4 Å². The predicted molar refractivity (Wildman–Crippen MR) is 68.4 cm³/mol. The molecule has 0 fully saturated rings. The molecule has 0 radical (unpaired) electrons. The molecule has 0 spiro atoms. The summed E-state index contributed by atoms with van der Waals surface area (Å²) in [6.07, 6.45) is 8.82. The fourth-order valence-electron chi connectivity index (χ4n) is 1.26. The summed E-state index contributed by atoms with van der Waals surface area (Å²) in [6.45, 7) is 5.77. The third-order valence-corrected chi connectivity index (χ3v) is 2.10. The van der Waals surface area contributed by atoms with E-state index >= 15 is 0 Å². The van der Waals surface area contributed by atoms with Crippen LogP contribution in [-0.2, 0) is 0 Å². The molecule has 3 heteroatoms. The second kappa shape index (κ2) is 5.86. The van der Waals surface area contributed by atoms with Crippen LogP contribution in [0.4, 0.5) is 0 Å². The SMILES string of the molecule is C=C/C=C(\C=C/N)c1ccc(BC)cn1. The molecule has 0 amide bonds. The molecule has 0 saturated carbocycles. The average Bonchev–Trinajstić information content (AvgIpc) is 2.29. The largest absolute Gasteiger partial charge is 0.405 e. The van der Waals surface area contributed by atoms with Crippen molar-refractivity contribution in [3.8, 4) is 0 Å². The van der Waals surface area contributed by atoms with E-state index in [9.17, 15) is 0 Å². The van der Waals surface area contributed by atoms with Gasteiger partial charge in [-0.15, -0.1) is 0 Å². The van der Waals surface area contributed by atoms with Gasteiger partial charge in [0.05, 0.1) is 5.69 Å². The summed E-state index contributed by atoms with van der Waals surface area (Å²) in [5.74, 6) is 0. The first kappa shape index (κ1) is 11.3. The summed E-state index contributed by atoms with van der Waals surface area (Å²) < 4.78 is 0. The molecule has 2 nitrogen and oxygen atoms in total. The number of allylic oxidation sites excluding steroid dienone is 4. The van der Waals surface area contributed by atoms with Crippen LogP contribution in [0, 0.1) is 0 Å². The Morgan fingerprint density at radius 3 is 2.80 bits per heavy atom. The Balaban J connectivity index is 3.02. The van der Waals surface area contributed by atoms with Gasteiger partial charge >= 0.3 is 0 Å². The van der Waals surface area contributed by atoms with Gasteiger partial charge in [-0.2, -0.15) is 0 Å². The summed E-state index contributed by atoms with van der Waals surface area (Å²) in [5, 5.41) is 0. The van der Waals surface area contributed by atoms with Crippen molar-refractivity contribution in [3.63, 3.8) is 0 Å². The van der Waals surface area contributed by atoms with E-state index in [-0.39, 0.29) is 0 Å². The van der Waals surface area contributed by atoms with Crippen LogP contribution in [0.5, 0.6) is 0 Å². The van der Waals surface area contributed by atoms with Gasteiger partial charge in [-0.25, -0.2) is 0 Å². The van der Waals surface area contributed by atoms with E-state index in [2.05, 4.69) is 24.5 Å². The third kappa shape index (κ3) is 3.13. The van der Waals surface area contributed by atoms with E-state index < -0.39 is 0 Å². The van der Waals surface area contributed by atoms with Crippen molar-refractivity contribution in [3.05, 3.63) is 55.0 Å². The molecule has 0 aliphatic heterocycles. The zero-order valence-electron chi connectivity index (χ0n) is 8.98. The average molecular weight is 198 g/mol. The number of hydrogen-bond donors (Lipinski definition) is 1. The zero-order valence-corrected chi connectivity index (χ0v) is 8.98. The second-order valence-electron chi connectivity index (χ2n) is 3.12. The highest BCUT2D eigenvalue weighted by atomic mass is 14.7. The molecule has 0 aliphatic rings. The van der Waals surface area contributed by atoms with Crippen LogP contribution >= 0.6 is 0 Å². The van der Waals surface area contributed by atoms with Gasteiger partial charge in [0, 0.05) is 11.8 Å². The maximum atomic E-state index is 5.37. The maximum Gasteiger partial charge on any atom is 0.156 e. The molecular weight excluding hydrogens is 183 g/mol. The number of aromatic nitrogens is 1. The van der Waals surface area contributed by atoms with Crippen LogP contribution in [0.15, 0.2) is 49.3 Å². The van der Waals surface area contributed by atoms with Gasteiger partial charge in [-0.05, 0) is 18.3 Å². The molecule has 1 rings (SSSR count). The van der Waals surface area contributed by atoms with E-state index in [4.69, 9.17) is 5.73 Å². The lowest BCUT2D eigenvalue weighted by Gasteiger charge is -2.01. The molecule has 0 aliphatic carbocycles. The van der Waals surface area contributed by atoms with Crippen molar-refractivity contribution in [2.45, 2.75) is 6.82 Å². The van der Waals surface area contributed by atoms with Gasteiger partial charge in [0.15, 0.2) is 7.28 Å². The number of pyridine rings is 1. The van der Waals surface area contributed by atoms with Crippen LogP contribution in [0.3, 0.4) is 0 Å². The van der Waals surface area contributed by atoms with Gasteiger partial charge in [0.1, 0.15) is 0 Å². The maximum absolute atomic E-state index is 5.37. The Bertz CT molecular complexity index is 377. The highest BCUT2D eigenvalue weighted by Crippen LogP contribution is 2.11. The first-order valence-electron chi connectivity index (χ1n) is 4.98. The minimum Gasteiger partial charge on any atom is -0.405 e. The molecule has 1 aromatic rings. The quantitative estimate of drug-likeness (QED) is 0.583. The molecule has 0 saturated heterocycles. The lowest BCUT2D eigenvalue weighted by Crippen LogP contribution is -2.11. The van der Waals surface area contributed by atoms with Crippen LogP contribution in [0.1, 0.15) is 5.69 Å². The summed E-state index contributed by atoms with van der Waals surface area (Å²) >= 11 is 0. The van der Waals surface area contributed by atoms with Gasteiger partial charge in [0.25, 0.3) is 0 Å². The normalized spacial score (nSPS) is 11.7. The number of nitrogens with two attached hydrogens (primary N) is 1. The van der Waals surface area contributed by atoms with Gasteiger partial charge in [-0.1, -0.05) is 37.1 Å². The van der Waals surface area contributed by atoms with Crippen molar-refractivity contribution in [1.29, 1.82) is 0 Å². The lowest BCUT2D eigenvalue weighted by molar-refractivity contribution is 1.29. The minimum atomic E-state index is 0.911. The third-order valence-electron chi connectivity index (χ3n) is 2.10. The van der Waals surface area contributed by atoms with E-state index in [0.29, 0.717) is 0 Å². The van der Waals surface area contributed by atoms with Crippen LogP contribution in [-0.4, -0.2) is 12.3 Å². The smallest absolute Gasteiger partial charge is 0.156 e. The lowest BCUT2D eigenvalue weighted by atomic mass is 9.74. The first-order chi connectivity index (χ1) is 7.31. The Kier molecular flexibility index (Phi) is 4.42. The van der Waals surface area contributed by atoms with Crippen molar-refractivity contribution in [1.82, 2.24) is 4.98 Å². The number of nitrogens with zero attached hydrogens (tertiary/aromatic N) is 1.